The second kappa shape index (κ2) is 9.00. The molecule has 1 fully saturated rings. The number of para-hydroxylation sites is 1. The lowest BCUT2D eigenvalue weighted by atomic mass is 10.1. The van der Waals surface area contributed by atoms with E-state index in [-0.39, 0.29) is 24.3 Å². The molecule has 0 saturated carbocycles. The van der Waals surface area contributed by atoms with E-state index in [9.17, 15) is 9.59 Å². The van der Waals surface area contributed by atoms with Crippen molar-refractivity contribution >= 4 is 28.4 Å². The fraction of sp³-hybridized carbons (Fsp3) is 0.304. The maximum Gasteiger partial charge on any atom is 0.253 e. The lowest BCUT2D eigenvalue weighted by molar-refractivity contribution is -0.115. The van der Waals surface area contributed by atoms with Crippen molar-refractivity contribution in [2.75, 3.05) is 25.6 Å². The zero-order valence-corrected chi connectivity index (χ0v) is 16.9. The van der Waals surface area contributed by atoms with Crippen LogP contribution in [0.5, 0.6) is 5.75 Å². The molecule has 0 bridgehead atoms. The van der Waals surface area contributed by atoms with E-state index in [0.717, 1.165) is 41.7 Å². The summed E-state index contributed by atoms with van der Waals surface area (Å²) in [6, 6.07) is 12.7. The number of fused-ring (bicyclic) bond motifs is 1. The lowest BCUT2D eigenvalue weighted by Crippen LogP contribution is -2.32. The van der Waals surface area contributed by atoms with Crippen LogP contribution in [0.25, 0.3) is 10.9 Å². The predicted octanol–water partition coefficient (Wildman–Crippen LogP) is 3.27. The topological polar surface area (TPSA) is 92.5 Å². The maximum atomic E-state index is 12.7. The van der Waals surface area contributed by atoms with E-state index in [2.05, 4.69) is 15.6 Å². The number of nitrogens with one attached hydrogen (secondary N) is 3. The molecule has 4 rings (SSSR count). The summed E-state index contributed by atoms with van der Waals surface area (Å²) in [7, 11) is 1.61. The zero-order valence-electron chi connectivity index (χ0n) is 16.9. The van der Waals surface area contributed by atoms with E-state index in [1.807, 2.05) is 24.4 Å². The predicted molar refractivity (Wildman–Crippen MR) is 115 cm³/mol. The molecule has 1 unspecified atom stereocenters. The Hall–Kier alpha value is -3.32. The van der Waals surface area contributed by atoms with Gasteiger partial charge in [0.2, 0.25) is 5.91 Å². The van der Waals surface area contributed by atoms with E-state index in [0.29, 0.717) is 17.8 Å². The van der Waals surface area contributed by atoms with Gasteiger partial charge in [-0.05, 0) is 48.7 Å². The van der Waals surface area contributed by atoms with Gasteiger partial charge < -0.3 is 25.1 Å². The molecule has 2 heterocycles. The van der Waals surface area contributed by atoms with E-state index >= 15 is 0 Å². The Kier molecular flexibility index (Phi) is 5.99. The van der Waals surface area contributed by atoms with Crippen molar-refractivity contribution in [1.82, 2.24) is 10.3 Å². The number of carbonyl (C=O) groups excluding carboxylic acids is 2. The Morgan fingerprint density at radius 2 is 2.10 bits per heavy atom. The van der Waals surface area contributed by atoms with E-state index < -0.39 is 0 Å². The minimum atomic E-state index is -0.224. The van der Waals surface area contributed by atoms with Crippen molar-refractivity contribution in [2.45, 2.75) is 25.4 Å². The summed E-state index contributed by atoms with van der Waals surface area (Å²) in [5, 5.41) is 6.71. The molecule has 0 spiro atoms. The molecule has 0 aliphatic carbocycles. The number of ether oxygens (including phenoxy) is 2. The van der Waals surface area contributed by atoms with Crippen LogP contribution in [0, 0.1) is 0 Å². The Balaban J connectivity index is 1.44. The minimum Gasteiger partial charge on any atom is -0.497 e. The average Bonchev–Trinajstić information content (AvgIpc) is 3.42. The van der Waals surface area contributed by atoms with Gasteiger partial charge in [-0.2, -0.15) is 0 Å². The quantitative estimate of drug-likeness (QED) is 0.561. The first-order valence-corrected chi connectivity index (χ1v) is 10.1. The summed E-state index contributed by atoms with van der Waals surface area (Å²) in [6.45, 7) is 1.21. The van der Waals surface area contributed by atoms with Crippen LogP contribution in [0.1, 0.15) is 28.8 Å². The van der Waals surface area contributed by atoms with Gasteiger partial charge in [-0.15, -0.1) is 0 Å². The number of anilines is 1. The van der Waals surface area contributed by atoms with Crippen molar-refractivity contribution in [2.24, 2.45) is 0 Å². The number of aromatic amines is 1. The second-order valence-electron chi connectivity index (χ2n) is 7.34. The van der Waals surface area contributed by atoms with Crippen molar-refractivity contribution in [1.29, 1.82) is 0 Å². The fourth-order valence-electron chi connectivity index (χ4n) is 3.70. The van der Waals surface area contributed by atoms with Crippen molar-refractivity contribution < 1.29 is 19.1 Å². The number of hydrogen-bond donors (Lipinski definition) is 3. The number of H-pyrrole nitrogens is 1. The summed E-state index contributed by atoms with van der Waals surface area (Å²) < 4.78 is 10.8. The minimum absolute atomic E-state index is 0.0644. The normalized spacial score (nSPS) is 15.8. The summed E-state index contributed by atoms with van der Waals surface area (Å²) in [5.41, 5.74) is 2.73. The first-order chi connectivity index (χ1) is 14.6. The van der Waals surface area contributed by atoms with Crippen LogP contribution in [0.15, 0.2) is 48.7 Å². The van der Waals surface area contributed by atoms with Crippen molar-refractivity contribution in [3.05, 3.63) is 59.8 Å². The molecule has 30 heavy (non-hydrogen) atoms. The molecule has 3 aromatic rings. The third-order valence-corrected chi connectivity index (χ3v) is 5.29. The highest BCUT2D eigenvalue weighted by Crippen LogP contribution is 2.24. The van der Waals surface area contributed by atoms with Gasteiger partial charge in [0.15, 0.2) is 0 Å². The second-order valence-corrected chi connectivity index (χ2v) is 7.34. The number of amides is 2. The van der Waals surface area contributed by atoms with E-state index in [1.54, 1.807) is 31.4 Å². The number of methoxy groups -OCH3 is 1. The monoisotopic (exact) mass is 407 g/mol. The van der Waals surface area contributed by atoms with E-state index in [1.165, 1.54) is 0 Å². The standard InChI is InChI=1S/C23H25N3O4/c1-29-16-8-9-20-19(12-16)15(13-24-20)11-22(27)26-21-7-3-2-6-18(21)23(28)25-14-17-5-4-10-30-17/h2-3,6-9,12-13,17,24H,4-5,10-11,14H2,1H3,(H,25,28)(H,26,27). The molecule has 1 aliphatic rings. The molecule has 0 radical (unpaired) electrons. The Morgan fingerprint density at radius 1 is 1.23 bits per heavy atom. The van der Waals surface area contributed by atoms with Crippen molar-refractivity contribution in [3.8, 4) is 5.75 Å². The molecule has 1 aliphatic heterocycles. The molecule has 2 aromatic carbocycles. The lowest BCUT2D eigenvalue weighted by Gasteiger charge is -2.13. The third-order valence-electron chi connectivity index (χ3n) is 5.29. The van der Waals surface area contributed by atoms with Gasteiger partial charge in [0, 0.05) is 30.3 Å². The van der Waals surface area contributed by atoms with Crippen molar-refractivity contribution in [3.63, 3.8) is 0 Å². The van der Waals surface area contributed by atoms with Gasteiger partial charge in [-0.3, -0.25) is 9.59 Å². The molecule has 156 valence electrons. The summed E-state index contributed by atoms with van der Waals surface area (Å²) >= 11 is 0. The Morgan fingerprint density at radius 3 is 2.90 bits per heavy atom. The van der Waals surface area contributed by atoms with Crippen LogP contribution >= 0.6 is 0 Å². The third kappa shape index (κ3) is 4.46. The average molecular weight is 407 g/mol. The summed E-state index contributed by atoms with van der Waals surface area (Å²) in [5.74, 6) is 0.313. The molecule has 2 amide bonds. The summed E-state index contributed by atoms with van der Waals surface area (Å²) in [6.07, 6.45) is 4.04. The largest absolute Gasteiger partial charge is 0.497 e. The molecule has 7 heteroatoms. The number of aromatic nitrogens is 1. The van der Waals surface area contributed by atoms with Gasteiger partial charge in [0.05, 0.1) is 30.9 Å². The van der Waals surface area contributed by atoms with Gasteiger partial charge in [-0.25, -0.2) is 0 Å². The molecule has 7 nitrogen and oxygen atoms in total. The van der Waals surface area contributed by atoms with Gasteiger partial charge in [0.1, 0.15) is 5.75 Å². The number of carbonyl (C=O) groups is 2. The van der Waals surface area contributed by atoms with Gasteiger partial charge >= 0.3 is 0 Å². The number of benzene rings is 2. The van der Waals surface area contributed by atoms with E-state index in [4.69, 9.17) is 9.47 Å². The van der Waals surface area contributed by atoms with Gasteiger partial charge in [-0.1, -0.05) is 12.1 Å². The molecular weight excluding hydrogens is 382 g/mol. The first-order valence-electron chi connectivity index (χ1n) is 10.1. The molecule has 3 N–H and O–H groups in total. The maximum absolute atomic E-state index is 12.7. The zero-order chi connectivity index (χ0) is 20.9. The van der Waals surface area contributed by atoms with Crippen LogP contribution in [-0.2, 0) is 16.0 Å². The Bertz CT molecular complexity index is 1050. The Labute approximate surface area is 174 Å². The molecule has 1 atom stereocenters. The van der Waals surface area contributed by atoms with Crippen LogP contribution in [0.4, 0.5) is 5.69 Å². The molecular formula is C23H25N3O4. The smallest absolute Gasteiger partial charge is 0.253 e. The van der Waals surface area contributed by atoms with Gasteiger partial charge in [0.25, 0.3) is 5.91 Å². The number of hydrogen-bond acceptors (Lipinski definition) is 4. The number of rotatable bonds is 7. The van der Waals surface area contributed by atoms with Crippen LogP contribution in [0.2, 0.25) is 0 Å². The molecule has 1 aromatic heterocycles. The van der Waals surface area contributed by atoms with Crippen LogP contribution < -0.4 is 15.4 Å². The SMILES string of the molecule is COc1ccc2[nH]cc(CC(=O)Nc3ccccc3C(=O)NCC3CCCO3)c2c1. The highest BCUT2D eigenvalue weighted by Gasteiger charge is 2.19. The first kappa shape index (κ1) is 20.0. The fourth-order valence-corrected chi connectivity index (χ4v) is 3.70. The van der Waals surface area contributed by atoms with Crippen LogP contribution in [-0.4, -0.2) is 43.2 Å². The molecule has 1 saturated heterocycles. The highest BCUT2D eigenvalue weighted by molar-refractivity contribution is 6.04. The highest BCUT2D eigenvalue weighted by atomic mass is 16.5. The van der Waals surface area contributed by atoms with Crippen LogP contribution in [0.3, 0.4) is 0 Å². The summed E-state index contributed by atoms with van der Waals surface area (Å²) in [4.78, 5) is 28.5.